The summed E-state index contributed by atoms with van der Waals surface area (Å²) >= 11 is 0. The van der Waals surface area contributed by atoms with E-state index >= 15 is 0 Å². The molecule has 108 valence electrons. The van der Waals surface area contributed by atoms with Crippen molar-refractivity contribution in [2.24, 2.45) is 11.7 Å². The zero-order valence-corrected chi connectivity index (χ0v) is 12.6. The molecule has 1 aliphatic rings. The maximum atomic E-state index is 6.57. The maximum absolute atomic E-state index is 6.57. The van der Waals surface area contributed by atoms with Gasteiger partial charge in [0.15, 0.2) is 0 Å². The number of furan rings is 1. The van der Waals surface area contributed by atoms with Crippen LogP contribution in [0.3, 0.4) is 0 Å². The van der Waals surface area contributed by atoms with E-state index in [0.717, 1.165) is 23.0 Å². The lowest BCUT2D eigenvalue weighted by Crippen LogP contribution is -2.35. The highest BCUT2D eigenvalue weighted by Crippen LogP contribution is 2.47. The molecule has 2 atom stereocenters. The summed E-state index contributed by atoms with van der Waals surface area (Å²) in [6, 6.07) is 7.98. The first-order valence-electron chi connectivity index (χ1n) is 7.22. The number of hydrogen-bond acceptors (Lipinski definition) is 3. The van der Waals surface area contributed by atoms with Gasteiger partial charge in [-0.25, -0.2) is 0 Å². The van der Waals surface area contributed by atoms with E-state index in [1.807, 2.05) is 18.2 Å². The Hall–Kier alpha value is -1.32. The Bertz CT molecular complexity index is 627. The van der Waals surface area contributed by atoms with Crippen LogP contribution in [-0.4, -0.2) is 11.2 Å². The number of para-hydroxylation sites is 1. The second-order valence-corrected chi connectivity index (χ2v) is 6.99. The van der Waals surface area contributed by atoms with Crippen molar-refractivity contribution in [3.63, 3.8) is 0 Å². The van der Waals surface area contributed by atoms with Crippen molar-refractivity contribution in [2.45, 2.75) is 51.4 Å². The molecule has 3 rings (SSSR count). The molecule has 1 aromatic heterocycles. The Kier molecular flexibility index (Phi) is 2.96. The first-order valence-corrected chi connectivity index (χ1v) is 7.22. The highest BCUT2D eigenvalue weighted by molar-refractivity contribution is 5.81. The number of fused-ring (bicyclic) bond motifs is 1. The van der Waals surface area contributed by atoms with Gasteiger partial charge in [0.05, 0.1) is 17.5 Å². The number of benzene rings is 1. The van der Waals surface area contributed by atoms with Gasteiger partial charge in [-0.15, -0.1) is 0 Å². The summed E-state index contributed by atoms with van der Waals surface area (Å²) in [5.41, 5.74) is 8.21. The average molecular weight is 273 g/mol. The third-order valence-electron chi connectivity index (χ3n) is 4.45. The zero-order chi connectivity index (χ0) is 14.5. The van der Waals surface area contributed by atoms with Gasteiger partial charge in [0.2, 0.25) is 0 Å². The van der Waals surface area contributed by atoms with Crippen molar-refractivity contribution in [2.75, 3.05) is 0 Å². The predicted molar refractivity (Wildman–Crippen MR) is 80.5 cm³/mol. The van der Waals surface area contributed by atoms with E-state index in [1.54, 1.807) is 6.26 Å². The van der Waals surface area contributed by atoms with Gasteiger partial charge in [-0.3, -0.25) is 0 Å². The minimum absolute atomic E-state index is 0.0737. The third-order valence-corrected chi connectivity index (χ3v) is 4.45. The van der Waals surface area contributed by atoms with E-state index in [2.05, 4.69) is 33.8 Å². The lowest BCUT2D eigenvalue weighted by atomic mass is 9.79. The average Bonchev–Trinajstić information content (AvgIpc) is 2.86. The smallest absolute Gasteiger partial charge is 0.134 e. The molecule has 0 amide bonds. The molecule has 20 heavy (non-hydrogen) atoms. The summed E-state index contributed by atoms with van der Waals surface area (Å²) in [4.78, 5) is 0. The SMILES string of the molecule is CC1(C)CC(C(N)c2coc3ccccc23)C(C)(C)O1. The summed E-state index contributed by atoms with van der Waals surface area (Å²) in [5, 5.41) is 1.11. The quantitative estimate of drug-likeness (QED) is 0.898. The van der Waals surface area contributed by atoms with Gasteiger partial charge in [-0.2, -0.15) is 0 Å². The number of nitrogens with two attached hydrogens (primary N) is 1. The Morgan fingerprint density at radius 2 is 1.90 bits per heavy atom. The van der Waals surface area contributed by atoms with Crippen molar-refractivity contribution in [1.29, 1.82) is 0 Å². The monoisotopic (exact) mass is 273 g/mol. The molecule has 2 unspecified atom stereocenters. The Morgan fingerprint density at radius 3 is 2.55 bits per heavy atom. The van der Waals surface area contributed by atoms with Crippen LogP contribution in [0.1, 0.15) is 45.7 Å². The van der Waals surface area contributed by atoms with E-state index in [0.29, 0.717) is 0 Å². The lowest BCUT2D eigenvalue weighted by Gasteiger charge is -2.30. The fourth-order valence-electron chi connectivity index (χ4n) is 3.64. The normalized spacial score (nSPS) is 25.9. The maximum Gasteiger partial charge on any atom is 0.134 e. The molecule has 1 saturated heterocycles. The second kappa shape index (κ2) is 4.34. The van der Waals surface area contributed by atoms with E-state index in [4.69, 9.17) is 14.9 Å². The molecule has 0 aliphatic carbocycles. The fraction of sp³-hybridized carbons (Fsp3) is 0.529. The number of rotatable bonds is 2. The third kappa shape index (κ3) is 2.15. The Balaban J connectivity index is 1.98. The zero-order valence-electron chi connectivity index (χ0n) is 12.6. The van der Waals surface area contributed by atoms with Gasteiger partial charge in [0, 0.05) is 22.9 Å². The summed E-state index contributed by atoms with van der Waals surface area (Å²) in [6.07, 6.45) is 2.76. The van der Waals surface area contributed by atoms with Crippen LogP contribution < -0.4 is 5.73 Å². The fourth-order valence-corrected chi connectivity index (χ4v) is 3.64. The van der Waals surface area contributed by atoms with Gasteiger partial charge >= 0.3 is 0 Å². The predicted octanol–water partition coefficient (Wildman–Crippen LogP) is 4.03. The van der Waals surface area contributed by atoms with E-state index in [9.17, 15) is 0 Å². The molecular formula is C17H23NO2. The summed E-state index contributed by atoms with van der Waals surface area (Å²) in [7, 11) is 0. The van der Waals surface area contributed by atoms with Crippen molar-refractivity contribution < 1.29 is 9.15 Å². The molecule has 2 heterocycles. The van der Waals surface area contributed by atoms with Gasteiger partial charge < -0.3 is 14.9 Å². The van der Waals surface area contributed by atoms with Crippen LogP contribution in [0.5, 0.6) is 0 Å². The molecule has 3 nitrogen and oxygen atoms in total. The first-order chi connectivity index (χ1) is 9.30. The van der Waals surface area contributed by atoms with E-state index in [1.165, 1.54) is 0 Å². The summed E-state index contributed by atoms with van der Waals surface area (Å²) in [5.74, 6) is 0.276. The Morgan fingerprint density at radius 1 is 1.20 bits per heavy atom. The van der Waals surface area contributed by atoms with Crippen LogP contribution in [0, 0.1) is 5.92 Å². The molecule has 2 aromatic rings. The minimum atomic E-state index is -0.221. The van der Waals surface area contributed by atoms with Gasteiger partial charge in [-0.1, -0.05) is 18.2 Å². The molecule has 1 aliphatic heterocycles. The standard InChI is InChI=1S/C17H23NO2/c1-16(2)9-13(17(3,4)20-16)15(18)12-10-19-14-8-6-5-7-11(12)14/h5-8,10,13,15H,9,18H2,1-4H3. The molecule has 1 fully saturated rings. The van der Waals surface area contributed by atoms with Crippen LogP contribution in [0.4, 0.5) is 0 Å². The first kappa shape index (κ1) is 13.7. The van der Waals surface area contributed by atoms with Crippen LogP contribution in [0.25, 0.3) is 11.0 Å². The topological polar surface area (TPSA) is 48.4 Å². The largest absolute Gasteiger partial charge is 0.464 e. The highest BCUT2D eigenvalue weighted by Gasteiger charge is 2.48. The van der Waals surface area contributed by atoms with Crippen molar-refractivity contribution in [3.8, 4) is 0 Å². The van der Waals surface area contributed by atoms with Crippen molar-refractivity contribution >= 4 is 11.0 Å². The highest BCUT2D eigenvalue weighted by atomic mass is 16.5. The molecule has 2 N–H and O–H groups in total. The van der Waals surface area contributed by atoms with Crippen LogP contribution >= 0.6 is 0 Å². The van der Waals surface area contributed by atoms with Crippen LogP contribution in [-0.2, 0) is 4.74 Å². The van der Waals surface area contributed by atoms with Crippen molar-refractivity contribution in [3.05, 3.63) is 36.1 Å². The number of hydrogen-bond donors (Lipinski definition) is 1. The molecular weight excluding hydrogens is 250 g/mol. The summed E-state index contributed by atoms with van der Waals surface area (Å²) in [6.45, 7) is 8.53. The molecule has 0 spiro atoms. The van der Waals surface area contributed by atoms with Gasteiger partial charge in [0.1, 0.15) is 5.58 Å². The Labute approximate surface area is 120 Å². The minimum Gasteiger partial charge on any atom is -0.464 e. The van der Waals surface area contributed by atoms with Crippen LogP contribution in [0.15, 0.2) is 34.9 Å². The molecule has 0 bridgehead atoms. The molecule has 1 aromatic carbocycles. The van der Waals surface area contributed by atoms with Crippen LogP contribution in [0.2, 0.25) is 0 Å². The number of ether oxygens (including phenoxy) is 1. The van der Waals surface area contributed by atoms with Gasteiger partial charge in [0.25, 0.3) is 0 Å². The summed E-state index contributed by atoms with van der Waals surface area (Å²) < 4.78 is 11.8. The second-order valence-electron chi connectivity index (χ2n) is 6.99. The van der Waals surface area contributed by atoms with E-state index < -0.39 is 0 Å². The van der Waals surface area contributed by atoms with E-state index in [-0.39, 0.29) is 23.2 Å². The van der Waals surface area contributed by atoms with Gasteiger partial charge in [-0.05, 0) is 40.2 Å². The molecule has 3 heteroatoms. The molecule has 0 saturated carbocycles. The lowest BCUT2D eigenvalue weighted by molar-refractivity contribution is -0.0767. The molecule has 0 radical (unpaired) electrons. The van der Waals surface area contributed by atoms with Crippen molar-refractivity contribution in [1.82, 2.24) is 0 Å².